The first-order chi connectivity index (χ1) is 10.9. The van der Waals surface area contributed by atoms with Crippen LogP contribution in [-0.4, -0.2) is 35.4 Å². The lowest BCUT2D eigenvalue weighted by Gasteiger charge is -2.13. The normalized spacial score (nSPS) is 12.2. The number of benzene rings is 1. The molecule has 0 radical (unpaired) electrons. The molecule has 0 fully saturated rings. The Kier molecular flexibility index (Phi) is 5.46. The van der Waals surface area contributed by atoms with Gasteiger partial charge in [0.05, 0.1) is 18.2 Å². The number of nitrogens with zero attached hydrogens (tertiary/aromatic N) is 2. The van der Waals surface area contributed by atoms with E-state index in [1.165, 1.54) is 17.9 Å². The summed E-state index contributed by atoms with van der Waals surface area (Å²) in [5, 5.41) is 6.89. The number of ether oxygens (including phenoxy) is 1. The lowest BCUT2D eigenvalue weighted by atomic mass is 10.2. The van der Waals surface area contributed by atoms with E-state index in [-0.39, 0.29) is 25.0 Å². The van der Waals surface area contributed by atoms with E-state index >= 15 is 0 Å². The number of aromatic nitrogens is 2. The summed E-state index contributed by atoms with van der Waals surface area (Å²) in [5.41, 5.74) is 7.84. The molecule has 124 valence electrons. The van der Waals surface area contributed by atoms with Crippen molar-refractivity contribution in [2.45, 2.75) is 26.4 Å². The van der Waals surface area contributed by atoms with Crippen molar-refractivity contribution in [2.75, 3.05) is 19.0 Å². The number of hydrogen-bond donors (Lipinski definition) is 2. The number of anilines is 1. The van der Waals surface area contributed by atoms with Crippen LogP contribution in [0.1, 0.15) is 17.8 Å². The average molecular weight is 320 g/mol. The molecule has 1 amide bonds. The molecule has 0 spiro atoms. The predicted octanol–water partition coefficient (Wildman–Crippen LogP) is 1.93. The molecule has 0 aliphatic rings. The molecule has 2 aromatic rings. The van der Waals surface area contributed by atoms with Gasteiger partial charge < -0.3 is 15.8 Å². The predicted molar refractivity (Wildman–Crippen MR) is 86.1 cm³/mol. The van der Waals surface area contributed by atoms with E-state index in [0.717, 1.165) is 11.4 Å². The topological polar surface area (TPSA) is 82.2 Å². The van der Waals surface area contributed by atoms with Crippen molar-refractivity contribution in [3.8, 4) is 5.69 Å². The molecule has 1 aromatic carbocycles. The van der Waals surface area contributed by atoms with Crippen molar-refractivity contribution in [1.82, 2.24) is 9.78 Å². The number of carbonyl (C=O) groups is 1. The van der Waals surface area contributed by atoms with Crippen molar-refractivity contribution < 1.29 is 13.9 Å². The van der Waals surface area contributed by atoms with Crippen molar-refractivity contribution in [3.63, 3.8) is 0 Å². The third-order valence-electron chi connectivity index (χ3n) is 3.48. The molecule has 6 nitrogen and oxygen atoms in total. The first-order valence-corrected chi connectivity index (χ1v) is 7.30. The van der Waals surface area contributed by atoms with Gasteiger partial charge in [-0.25, -0.2) is 9.07 Å². The van der Waals surface area contributed by atoms with Crippen LogP contribution in [-0.2, 0) is 9.53 Å². The first kappa shape index (κ1) is 17.1. The van der Waals surface area contributed by atoms with Gasteiger partial charge in [0.15, 0.2) is 5.82 Å². The summed E-state index contributed by atoms with van der Waals surface area (Å²) in [5.74, 6) is -0.739. The molecule has 1 unspecified atom stereocenters. The zero-order valence-corrected chi connectivity index (χ0v) is 13.5. The molecule has 0 aliphatic heterocycles. The van der Waals surface area contributed by atoms with Crippen LogP contribution in [0, 0.1) is 19.7 Å². The highest BCUT2D eigenvalue weighted by atomic mass is 19.1. The van der Waals surface area contributed by atoms with Gasteiger partial charge in [0.2, 0.25) is 5.91 Å². The summed E-state index contributed by atoms with van der Waals surface area (Å²) in [7, 11) is 1.49. The smallest absolute Gasteiger partial charge is 0.227 e. The third kappa shape index (κ3) is 4.14. The van der Waals surface area contributed by atoms with E-state index in [9.17, 15) is 9.18 Å². The fraction of sp³-hybridized carbons (Fsp3) is 0.375. The van der Waals surface area contributed by atoms with Crippen LogP contribution >= 0.6 is 0 Å². The Bertz CT molecular complexity index is 695. The van der Waals surface area contributed by atoms with Gasteiger partial charge in [0.1, 0.15) is 5.69 Å². The molecule has 1 atom stereocenters. The molecule has 0 saturated heterocycles. The highest BCUT2D eigenvalue weighted by molar-refractivity contribution is 5.91. The van der Waals surface area contributed by atoms with E-state index in [4.69, 9.17) is 10.5 Å². The number of carbonyl (C=O) groups excluding carboxylic acids is 1. The zero-order chi connectivity index (χ0) is 17.0. The minimum absolute atomic E-state index is 0.119. The molecule has 1 heterocycles. The molecule has 23 heavy (non-hydrogen) atoms. The van der Waals surface area contributed by atoms with E-state index in [1.807, 2.05) is 19.9 Å². The minimum atomic E-state index is -0.462. The Hall–Kier alpha value is -2.25. The third-order valence-corrected chi connectivity index (χ3v) is 3.48. The van der Waals surface area contributed by atoms with Gasteiger partial charge in [-0.1, -0.05) is 0 Å². The van der Waals surface area contributed by atoms with Crippen molar-refractivity contribution in [1.29, 1.82) is 0 Å². The second-order valence-electron chi connectivity index (χ2n) is 5.35. The number of halogens is 1. The SMILES string of the molecule is COC(CN)CC(=O)Nc1ccc(-n2nc(C)cc2C)c(F)c1. The minimum Gasteiger partial charge on any atom is -0.380 e. The lowest BCUT2D eigenvalue weighted by molar-refractivity contribution is -0.118. The summed E-state index contributed by atoms with van der Waals surface area (Å²) < 4.78 is 20.9. The largest absolute Gasteiger partial charge is 0.380 e. The lowest BCUT2D eigenvalue weighted by Crippen LogP contribution is -2.28. The van der Waals surface area contributed by atoms with Crippen LogP contribution < -0.4 is 11.1 Å². The molecule has 2 rings (SSSR count). The van der Waals surface area contributed by atoms with E-state index in [2.05, 4.69) is 10.4 Å². The van der Waals surface area contributed by atoms with Crippen molar-refractivity contribution in [3.05, 3.63) is 41.5 Å². The summed E-state index contributed by atoms with van der Waals surface area (Å²) in [6.07, 6.45) is -0.234. The van der Waals surface area contributed by atoms with Crippen LogP contribution in [0.5, 0.6) is 0 Å². The van der Waals surface area contributed by atoms with Gasteiger partial charge in [-0.2, -0.15) is 5.10 Å². The second kappa shape index (κ2) is 7.34. The number of nitrogens with one attached hydrogen (secondary N) is 1. The Morgan fingerprint density at radius 1 is 1.43 bits per heavy atom. The van der Waals surface area contributed by atoms with E-state index in [0.29, 0.717) is 11.4 Å². The maximum Gasteiger partial charge on any atom is 0.227 e. The number of rotatable bonds is 6. The van der Waals surface area contributed by atoms with Crippen molar-refractivity contribution in [2.24, 2.45) is 5.73 Å². The van der Waals surface area contributed by atoms with Crippen molar-refractivity contribution >= 4 is 11.6 Å². The van der Waals surface area contributed by atoms with Crippen LogP contribution in [0.2, 0.25) is 0 Å². The molecule has 7 heteroatoms. The highest BCUT2D eigenvalue weighted by Gasteiger charge is 2.14. The Morgan fingerprint density at radius 3 is 2.70 bits per heavy atom. The molecule has 3 N–H and O–H groups in total. The Balaban J connectivity index is 2.13. The molecule has 0 bridgehead atoms. The average Bonchev–Trinajstić information content (AvgIpc) is 2.83. The summed E-state index contributed by atoms with van der Waals surface area (Å²) in [4.78, 5) is 11.9. The summed E-state index contributed by atoms with van der Waals surface area (Å²) in [6.45, 7) is 3.95. The van der Waals surface area contributed by atoms with Gasteiger partial charge in [0.25, 0.3) is 0 Å². The van der Waals surface area contributed by atoms with Crippen LogP contribution in [0.25, 0.3) is 5.69 Å². The quantitative estimate of drug-likeness (QED) is 0.852. The monoisotopic (exact) mass is 320 g/mol. The van der Waals surface area contributed by atoms with Gasteiger partial charge in [-0.15, -0.1) is 0 Å². The maximum absolute atomic E-state index is 14.3. The van der Waals surface area contributed by atoms with E-state index < -0.39 is 5.82 Å². The highest BCUT2D eigenvalue weighted by Crippen LogP contribution is 2.20. The number of aryl methyl sites for hydroxylation is 2. The van der Waals surface area contributed by atoms with Crippen LogP contribution in [0.4, 0.5) is 10.1 Å². The Labute approximate surface area is 134 Å². The van der Waals surface area contributed by atoms with Gasteiger partial charge >= 0.3 is 0 Å². The molecular weight excluding hydrogens is 299 g/mol. The molecule has 1 aromatic heterocycles. The number of hydrogen-bond acceptors (Lipinski definition) is 4. The summed E-state index contributed by atoms with van der Waals surface area (Å²) in [6, 6.07) is 6.36. The number of methoxy groups -OCH3 is 1. The second-order valence-corrected chi connectivity index (χ2v) is 5.35. The molecular formula is C16H21FN4O2. The molecule has 0 saturated carbocycles. The van der Waals surface area contributed by atoms with Gasteiger partial charge in [-0.05, 0) is 38.1 Å². The fourth-order valence-corrected chi connectivity index (χ4v) is 2.31. The number of amides is 1. The zero-order valence-electron chi connectivity index (χ0n) is 13.5. The number of nitrogens with two attached hydrogens (primary N) is 1. The Morgan fingerprint density at radius 2 is 2.17 bits per heavy atom. The van der Waals surface area contributed by atoms with Gasteiger partial charge in [0, 0.05) is 25.0 Å². The van der Waals surface area contributed by atoms with E-state index in [1.54, 1.807) is 12.1 Å². The van der Waals surface area contributed by atoms with Crippen LogP contribution in [0.3, 0.4) is 0 Å². The maximum atomic E-state index is 14.3. The fourth-order valence-electron chi connectivity index (χ4n) is 2.31. The van der Waals surface area contributed by atoms with Gasteiger partial charge in [-0.3, -0.25) is 4.79 Å². The first-order valence-electron chi connectivity index (χ1n) is 7.30. The summed E-state index contributed by atoms with van der Waals surface area (Å²) >= 11 is 0. The standard InChI is InChI=1S/C16H21FN4O2/c1-10-6-11(2)21(20-10)15-5-4-12(7-14(15)17)19-16(22)8-13(9-18)23-3/h4-7,13H,8-9,18H2,1-3H3,(H,19,22). The van der Waals surface area contributed by atoms with Crippen LogP contribution in [0.15, 0.2) is 24.3 Å². The molecule has 0 aliphatic carbocycles.